The minimum absolute atomic E-state index is 0.227. The molecule has 0 aliphatic carbocycles. The summed E-state index contributed by atoms with van der Waals surface area (Å²) in [6.07, 6.45) is 1.71. The first-order valence-electron chi connectivity index (χ1n) is 5.90. The van der Waals surface area contributed by atoms with E-state index in [1.807, 2.05) is 37.3 Å². The van der Waals surface area contributed by atoms with Crippen molar-refractivity contribution in [3.8, 4) is 0 Å². The van der Waals surface area contributed by atoms with Gasteiger partial charge < -0.3 is 5.32 Å². The van der Waals surface area contributed by atoms with Gasteiger partial charge in [0.1, 0.15) is 0 Å². The summed E-state index contributed by atoms with van der Waals surface area (Å²) < 4.78 is 0. The number of para-hydroxylation sites is 1. The Bertz CT molecular complexity index is 404. The molecule has 1 aromatic carbocycles. The first-order chi connectivity index (χ1) is 7.87. The molecule has 0 unspecified atom stereocenters. The van der Waals surface area contributed by atoms with E-state index < -0.39 is 8.07 Å². The number of benzene rings is 1. The van der Waals surface area contributed by atoms with Crippen LogP contribution in [0.2, 0.25) is 25.7 Å². The molecule has 1 N–H and O–H groups in total. The normalized spacial score (nSPS) is 12.4. The molecule has 0 heterocycles. The van der Waals surface area contributed by atoms with E-state index in [0.29, 0.717) is 6.04 Å². The van der Waals surface area contributed by atoms with E-state index in [2.05, 4.69) is 25.0 Å². The quantitative estimate of drug-likeness (QED) is 0.631. The van der Waals surface area contributed by atoms with Gasteiger partial charge in [-0.15, -0.1) is 0 Å². The molecule has 0 aliphatic rings. The van der Waals surface area contributed by atoms with Crippen LogP contribution in [0.4, 0.5) is 5.69 Å². The van der Waals surface area contributed by atoms with E-state index in [-0.39, 0.29) is 5.78 Å². The van der Waals surface area contributed by atoms with E-state index in [1.54, 1.807) is 6.08 Å². The molecule has 0 amide bonds. The third-order valence-electron chi connectivity index (χ3n) is 2.20. The van der Waals surface area contributed by atoms with Crippen LogP contribution in [0.25, 0.3) is 0 Å². The number of rotatable bonds is 5. The van der Waals surface area contributed by atoms with Crippen LogP contribution in [0, 0.1) is 0 Å². The Morgan fingerprint density at radius 1 is 1.24 bits per heavy atom. The first kappa shape index (κ1) is 13.7. The minimum atomic E-state index is -1.30. The van der Waals surface area contributed by atoms with Gasteiger partial charge in [0, 0.05) is 17.4 Å². The van der Waals surface area contributed by atoms with Crippen LogP contribution in [-0.4, -0.2) is 13.9 Å². The molecule has 1 rings (SSSR count). The Morgan fingerprint density at radius 2 is 1.82 bits per heavy atom. The summed E-state index contributed by atoms with van der Waals surface area (Å²) in [7, 11) is -1.30. The van der Waals surface area contributed by atoms with Crippen molar-refractivity contribution in [2.45, 2.75) is 32.6 Å². The molecule has 17 heavy (non-hydrogen) atoms. The SMILES string of the molecule is C/C(=C/C(=O)C[Si](C)(C)C)Nc1ccccc1. The number of allylic oxidation sites excluding steroid dienone is 2. The predicted molar refractivity (Wildman–Crippen MR) is 77.0 cm³/mol. The Kier molecular flexibility index (Phi) is 4.69. The van der Waals surface area contributed by atoms with E-state index in [9.17, 15) is 4.79 Å². The number of hydrogen-bond donors (Lipinski definition) is 1. The van der Waals surface area contributed by atoms with Crippen molar-refractivity contribution in [3.05, 3.63) is 42.1 Å². The summed E-state index contributed by atoms with van der Waals surface area (Å²) in [5, 5.41) is 3.21. The molecule has 0 aliphatic heterocycles. The van der Waals surface area contributed by atoms with Gasteiger partial charge in [0.25, 0.3) is 0 Å². The zero-order valence-corrected chi connectivity index (χ0v) is 12.1. The molecule has 0 bridgehead atoms. The largest absolute Gasteiger partial charge is 0.359 e. The Hall–Kier alpha value is -1.35. The van der Waals surface area contributed by atoms with E-state index in [4.69, 9.17) is 0 Å². The molecular formula is C14H21NOSi. The number of hydrogen-bond acceptors (Lipinski definition) is 2. The van der Waals surface area contributed by atoms with Gasteiger partial charge >= 0.3 is 0 Å². The molecule has 0 spiro atoms. The Labute approximate surface area is 105 Å². The molecule has 1 aromatic rings. The van der Waals surface area contributed by atoms with Crippen molar-refractivity contribution in [1.82, 2.24) is 0 Å². The summed E-state index contributed by atoms with van der Waals surface area (Å²) >= 11 is 0. The molecule has 0 fully saturated rings. The molecular weight excluding hydrogens is 226 g/mol. The second-order valence-electron chi connectivity index (χ2n) is 5.52. The number of ketones is 1. The lowest BCUT2D eigenvalue weighted by Gasteiger charge is -2.13. The maximum absolute atomic E-state index is 11.8. The molecule has 0 saturated heterocycles. The van der Waals surface area contributed by atoms with Gasteiger partial charge in [-0.3, -0.25) is 4.79 Å². The maximum Gasteiger partial charge on any atom is 0.154 e. The summed E-state index contributed by atoms with van der Waals surface area (Å²) in [5.74, 6) is 0.227. The highest BCUT2D eigenvalue weighted by Crippen LogP contribution is 2.12. The third-order valence-corrected chi connectivity index (χ3v) is 3.61. The third kappa shape index (κ3) is 6.07. The van der Waals surface area contributed by atoms with Crippen LogP contribution >= 0.6 is 0 Å². The van der Waals surface area contributed by atoms with E-state index in [0.717, 1.165) is 11.4 Å². The van der Waals surface area contributed by atoms with Gasteiger partial charge in [0.05, 0.1) is 8.07 Å². The lowest BCUT2D eigenvalue weighted by Crippen LogP contribution is -2.23. The molecule has 92 valence electrons. The summed E-state index contributed by atoms with van der Waals surface area (Å²) in [4.78, 5) is 11.8. The van der Waals surface area contributed by atoms with Crippen LogP contribution in [0.3, 0.4) is 0 Å². The highest BCUT2D eigenvalue weighted by Gasteiger charge is 2.16. The molecule has 2 nitrogen and oxygen atoms in total. The summed E-state index contributed by atoms with van der Waals surface area (Å²) in [6, 6.07) is 10.6. The zero-order chi connectivity index (χ0) is 12.9. The standard InChI is InChI=1S/C14H21NOSi/c1-12(10-14(16)11-17(2,3)4)15-13-8-6-5-7-9-13/h5-10,15H,11H2,1-4H3/b12-10-. The number of anilines is 1. The smallest absolute Gasteiger partial charge is 0.154 e. The molecule has 0 aromatic heterocycles. The van der Waals surface area contributed by atoms with Gasteiger partial charge in [-0.1, -0.05) is 37.8 Å². The van der Waals surface area contributed by atoms with Gasteiger partial charge in [-0.2, -0.15) is 0 Å². The lowest BCUT2D eigenvalue weighted by atomic mass is 10.3. The molecule has 0 atom stereocenters. The van der Waals surface area contributed by atoms with Crippen LogP contribution in [0.5, 0.6) is 0 Å². The highest BCUT2D eigenvalue weighted by atomic mass is 28.3. The van der Waals surface area contributed by atoms with Crippen molar-refractivity contribution in [1.29, 1.82) is 0 Å². The van der Waals surface area contributed by atoms with Gasteiger partial charge in [0.15, 0.2) is 5.78 Å². The maximum atomic E-state index is 11.8. The molecule has 3 heteroatoms. The van der Waals surface area contributed by atoms with Gasteiger partial charge in [0.2, 0.25) is 0 Å². The number of carbonyl (C=O) groups excluding carboxylic acids is 1. The molecule has 0 radical (unpaired) electrons. The van der Waals surface area contributed by atoms with Crippen molar-refractivity contribution in [2.24, 2.45) is 0 Å². The monoisotopic (exact) mass is 247 g/mol. The summed E-state index contributed by atoms with van der Waals surface area (Å²) in [6.45, 7) is 8.55. The Morgan fingerprint density at radius 3 is 2.35 bits per heavy atom. The second kappa shape index (κ2) is 5.82. The van der Waals surface area contributed by atoms with Gasteiger partial charge in [-0.25, -0.2) is 0 Å². The number of carbonyl (C=O) groups is 1. The summed E-state index contributed by atoms with van der Waals surface area (Å²) in [5.41, 5.74) is 1.92. The topological polar surface area (TPSA) is 29.1 Å². The van der Waals surface area contributed by atoms with E-state index in [1.165, 1.54) is 0 Å². The fourth-order valence-corrected chi connectivity index (χ4v) is 2.75. The minimum Gasteiger partial charge on any atom is -0.359 e. The average Bonchev–Trinajstić information content (AvgIpc) is 2.15. The van der Waals surface area contributed by atoms with Crippen LogP contribution in [0.15, 0.2) is 42.1 Å². The van der Waals surface area contributed by atoms with Crippen molar-refractivity contribution < 1.29 is 4.79 Å². The van der Waals surface area contributed by atoms with Gasteiger partial charge in [-0.05, 0) is 25.1 Å². The van der Waals surface area contributed by atoms with Crippen molar-refractivity contribution in [3.63, 3.8) is 0 Å². The van der Waals surface area contributed by atoms with Crippen molar-refractivity contribution >= 4 is 19.5 Å². The second-order valence-corrected chi connectivity index (χ2v) is 11.0. The van der Waals surface area contributed by atoms with Crippen molar-refractivity contribution in [2.75, 3.05) is 5.32 Å². The zero-order valence-electron chi connectivity index (χ0n) is 11.1. The predicted octanol–water partition coefficient (Wildman–Crippen LogP) is 3.91. The number of nitrogens with one attached hydrogen (secondary N) is 1. The highest BCUT2D eigenvalue weighted by molar-refractivity contribution is 6.79. The van der Waals surface area contributed by atoms with E-state index >= 15 is 0 Å². The molecule has 0 saturated carbocycles. The Balaban J connectivity index is 2.58. The fraction of sp³-hybridized carbons (Fsp3) is 0.357. The average molecular weight is 247 g/mol. The fourth-order valence-electron chi connectivity index (χ4n) is 1.60. The van der Waals surface area contributed by atoms with Crippen LogP contribution in [-0.2, 0) is 4.79 Å². The van der Waals surface area contributed by atoms with Crippen LogP contribution in [0.1, 0.15) is 6.92 Å². The van der Waals surface area contributed by atoms with Crippen LogP contribution < -0.4 is 5.32 Å². The lowest BCUT2D eigenvalue weighted by molar-refractivity contribution is -0.112. The first-order valence-corrected chi connectivity index (χ1v) is 9.61.